The van der Waals surface area contributed by atoms with E-state index in [4.69, 9.17) is 16.0 Å². The fourth-order valence-corrected chi connectivity index (χ4v) is 3.21. The summed E-state index contributed by atoms with van der Waals surface area (Å²) in [6, 6.07) is 12.0. The van der Waals surface area contributed by atoms with Gasteiger partial charge in [0.2, 0.25) is 0 Å². The van der Waals surface area contributed by atoms with Crippen molar-refractivity contribution in [3.05, 3.63) is 40.9 Å². The van der Waals surface area contributed by atoms with Gasteiger partial charge in [0, 0.05) is 5.39 Å². The number of halogens is 1. The number of hydrogen-bond donors (Lipinski definition) is 0. The summed E-state index contributed by atoms with van der Waals surface area (Å²) < 4.78 is 7.45. The van der Waals surface area contributed by atoms with Gasteiger partial charge in [0.05, 0.1) is 15.6 Å². The molecule has 2 aromatic heterocycles. The lowest BCUT2D eigenvalue weighted by Crippen LogP contribution is -1.70. The first-order valence-corrected chi connectivity index (χ1v) is 6.39. The largest absolute Gasteiger partial charge is 0.456 e. The molecule has 0 saturated carbocycles. The number of fused-ring (bicyclic) bond motifs is 5. The molecule has 0 aliphatic heterocycles. The number of aromatic nitrogens is 1. The summed E-state index contributed by atoms with van der Waals surface area (Å²) in [5.41, 5.74) is 2.68. The zero-order valence-corrected chi connectivity index (χ0v) is 10.2. The summed E-state index contributed by atoms with van der Waals surface area (Å²) in [5, 5.41) is 2.15. The van der Waals surface area contributed by atoms with Crippen LogP contribution in [0.4, 0.5) is 0 Å². The molecule has 2 aromatic carbocycles. The highest BCUT2D eigenvalue weighted by molar-refractivity contribution is 7.22. The first kappa shape index (κ1) is 9.45. The molecule has 4 heteroatoms. The van der Waals surface area contributed by atoms with Crippen molar-refractivity contribution in [2.24, 2.45) is 0 Å². The van der Waals surface area contributed by atoms with Crippen molar-refractivity contribution in [3.63, 3.8) is 0 Å². The maximum absolute atomic E-state index is 5.98. The molecule has 0 fully saturated rings. The van der Waals surface area contributed by atoms with Crippen LogP contribution in [0.2, 0.25) is 4.47 Å². The number of rotatable bonds is 0. The van der Waals surface area contributed by atoms with E-state index < -0.39 is 0 Å². The van der Waals surface area contributed by atoms with Crippen molar-refractivity contribution in [1.29, 1.82) is 0 Å². The Labute approximate surface area is 105 Å². The Bertz CT molecular complexity index is 862. The summed E-state index contributed by atoms with van der Waals surface area (Å²) >= 11 is 7.47. The molecule has 2 heterocycles. The number of nitrogens with zero attached hydrogens (tertiary/aromatic N) is 1. The first-order valence-electron chi connectivity index (χ1n) is 5.19. The third kappa shape index (κ3) is 1.24. The van der Waals surface area contributed by atoms with Crippen LogP contribution in [0.3, 0.4) is 0 Å². The van der Waals surface area contributed by atoms with Gasteiger partial charge < -0.3 is 4.42 Å². The lowest BCUT2D eigenvalue weighted by Gasteiger charge is -1.90. The van der Waals surface area contributed by atoms with Crippen LogP contribution in [-0.4, -0.2) is 4.98 Å². The molecule has 0 bridgehead atoms. The molecule has 82 valence electrons. The van der Waals surface area contributed by atoms with Gasteiger partial charge in [-0.1, -0.05) is 29.8 Å². The van der Waals surface area contributed by atoms with E-state index in [1.54, 1.807) is 0 Å². The van der Waals surface area contributed by atoms with Gasteiger partial charge in [0.15, 0.2) is 4.47 Å². The van der Waals surface area contributed by atoms with Crippen molar-refractivity contribution in [3.8, 4) is 0 Å². The smallest absolute Gasteiger partial charge is 0.184 e. The Morgan fingerprint density at radius 3 is 2.88 bits per heavy atom. The second kappa shape index (κ2) is 3.22. The average molecular weight is 260 g/mol. The fraction of sp³-hybridized carbons (Fsp3) is 0. The fourth-order valence-electron chi connectivity index (χ4n) is 2.17. The molecule has 0 aliphatic carbocycles. The zero-order chi connectivity index (χ0) is 11.4. The number of furan rings is 1. The quantitative estimate of drug-likeness (QED) is 0.451. The number of thiazole rings is 1. The van der Waals surface area contributed by atoms with Crippen LogP contribution in [0, 0.1) is 0 Å². The average Bonchev–Trinajstić information content (AvgIpc) is 2.87. The van der Waals surface area contributed by atoms with E-state index in [0.717, 1.165) is 32.2 Å². The minimum Gasteiger partial charge on any atom is -0.456 e. The monoisotopic (exact) mass is 259 g/mol. The Balaban J connectivity index is 2.37. The second-order valence-electron chi connectivity index (χ2n) is 3.85. The molecule has 0 saturated heterocycles. The van der Waals surface area contributed by atoms with Crippen LogP contribution < -0.4 is 0 Å². The summed E-state index contributed by atoms with van der Waals surface area (Å²) in [5.74, 6) is 0. The highest BCUT2D eigenvalue weighted by atomic mass is 35.5. The number of benzene rings is 2. The van der Waals surface area contributed by atoms with Crippen molar-refractivity contribution < 1.29 is 4.42 Å². The molecule has 0 unspecified atom stereocenters. The van der Waals surface area contributed by atoms with Crippen molar-refractivity contribution in [1.82, 2.24) is 4.98 Å². The normalized spacial score (nSPS) is 11.8. The summed E-state index contributed by atoms with van der Waals surface area (Å²) in [6.07, 6.45) is 0. The molecule has 2 nitrogen and oxygen atoms in total. The van der Waals surface area contributed by atoms with E-state index in [1.165, 1.54) is 11.3 Å². The van der Waals surface area contributed by atoms with E-state index in [2.05, 4.69) is 4.98 Å². The molecule has 0 amide bonds. The van der Waals surface area contributed by atoms with Gasteiger partial charge in [-0.15, -0.1) is 11.3 Å². The van der Waals surface area contributed by atoms with Gasteiger partial charge in [0.25, 0.3) is 0 Å². The molecule has 0 spiro atoms. The number of hydrogen-bond acceptors (Lipinski definition) is 3. The second-order valence-corrected chi connectivity index (χ2v) is 5.46. The van der Waals surface area contributed by atoms with E-state index in [1.807, 2.05) is 36.4 Å². The van der Waals surface area contributed by atoms with Crippen molar-refractivity contribution in [2.45, 2.75) is 0 Å². The van der Waals surface area contributed by atoms with E-state index in [9.17, 15) is 0 Å². The van der Waals surface area contributed by atoms with Crippen LogP contribution in [0.5, 0.6) is 0 Å². The molecule has 4 rings (SSSR count). The third-order valence-corrected chi connectivity index (χ3v) is 4.00. The summed E-state index contributed by atoms with van der Waals surface area (Å²) in [7, 11) is 0. The van der Waals surface area contributed by atoms with Crippen LogP contribution >= 0.6 is 22.9 Å². The summed E-state index contributed by atoms with van der Waals surface area (Å²) in [4.78, 5) is 4.39. The van der Waals surface area contributed by atoms with Crippen LogP contribution in [-0.2, 0) is 0 Å². The van der Waals surface area contributed by atoms with E-state index in [-0.39, 0.29) is 0 Å². The molecular weight excluding hydrogens is 254 g/mol. The lowest BCUT2D eigenvalue weighted by molar-refractivity contribution is 0.669. The molecular formula is C13H6ClNOS. The predicted octanol–water partition coefficient (Wildman–Crippen LogP) is 4.85. The maximum atomic E-state index is 5.98. The van der Waals surface area contributed by atoms with Gasteiger partial charge in [-0.3, -0.25) is 0 Å². The third-order valence-electron chi connectivity index (χ3n) is 2.87. The molecule has 4 aromatic rings. The van der Waals surface area contributed by atoms with E-state index >= 15 is 0 Å². The topological polar surface area (TPSA) is 26.0 Å². The van der Waals surface area contributed by atoms with Crippen LogP contribution in [0.25, 0.3) is 32.2 Å². The summed E-state index contributed by atoms with van der Waals surface area (Å²) in [6.45, 7) is 0. The van der Waals surface area contributed by atoms with Crippen LogP contribution in [0.1, 0.15) is 0 Å². The predicted molar refractivity (Wildman–Crippen MR) is 71.9 cm³/mol. The van der Waals surface area contributed by atoms with Gasteiger partial charge in [-0.2, -0.15) is 0 Å². The molecule has 0 atom stereocenters. The Morgan fingerprint density at radius 1 is 1.06 bits per heavy atom. The van der Waals surface area contributed by atoms with Gasteiger partial charge >= 0.3 is 0 Å². The Morgan fingerprint density at radius 2 is 1.94 bits per heavy atom. The zero-order valence-electron chi connectivity index (χ0n) is 8.61. The highest BCUT2D eigenvalue weighted by Crippen LogP contribution is 2.37. The molecule has 0 radical (unpaired) electrons. The van der Waals surface area contributed by atoms with Gasteiger partial charge in [-0.05, 0) is 18.2 Å². The standard InChI is InChI=1S/C13H6ClNOS/c14-13-15-12-10(17-13)6-5-9-11(12)7-3-1-2-4-8(7)16-9/h1-6H. The van der Waals surface area contributed by atoms with Crippen molar-refractivity contribution in [2.75, 3.05) is 0 Å². The van der Waals surface area contributed by atoms with E-state index in [0.29, 0.717) is 4.47 Å². The molecule has 0 N–H and O–H groups in total. The lowest BCUT2D eigenvalue weighted by atomic mass is 10.1. The number of para-hydroxylation sites is 1. The van der Waals surface area contributed by atoms with Gasteiger partial charge in [0.1, 0.15) is 11.2 Å². The van der Waals surface area contributed by atoms with Crippen LogP contribution in [0.15, 0.2) is 40.8 Å². The highest BCUT2D eigenvalue weighted by Gasteiger charge is 2.12. The first-order chi connectivity index (χ1) is 8.33. The SMILES string of the molecule is Clc1nc2c(ccc3oc4ccccc4c32)s1. The minimum absolute atomic E-state index is 0.567. The Hall–Kier alpha value is -1.58. The minimum atomic E-state index is 0.567. The van der Waals surface area contributed by atoms with Gasteiger partial charge in [-0.25, -0.2) is 4.98 Å². The van der Waals surface area contributed by atoms with Crippen molar-refractivity contribution >= 4 is 55.1 Å². The Kier molecular flexibility index (Phi) is 1.79. The molecule has 17 heavy (non-hydrogen) atoms. The molecule has 0 aliphatic rings. The maximum Gasteiger partial charge on any atom is 0.184 e.